The Morgan fingerprint density at radius 1 is 1.16 bits per heavy atom. The van der Waals surface area contributed by atoms with Gasteiger partial charge in [-0.2, -0.15) is 10.5 Å². The number of nitriles is 2. The van der Waals surface area contributed by atoms with Crippen LogP contribution in [-0.4, -0.2) is 41.6 Å². The summed E-state index contributed by atoms with van der Waals surface area (Å²) in [5.41, 5.74) is 0.0193. The second kappa shape index (κ2) is 5.26. The molecule has 5 nitrogen and oxygen atoms in total. The van der Waals surface area contributed by atoms with Gasteiger partial charge in [0.1, 0.15) is 23.1 Å². The molecule has 2 rings (SSSR count). The molecule has 0 aliphatic carbocycles. The van der Waals surface area contributed by atoms with Crippen molar-refractivity contribution in [1.82, 2.24) is 9.88 Å². The van der Waals surface area contributed by atoms with Crippen LogP contribution in [0.15, 0.2) is 18.2 Å². The third-order valence-corrected chi connectivity index (χ3v) is 3.52. The van der Waals surface area contributed by atoms with Gasteiger partial charge >= 0.3 is 0 Å². The highest BCUT2D eigenvalue weighted by atomic mass is 15.3. The lowest BCUT2D eigenvalue weighted by atomic mass is 10.0. The monoisotopic (exact) mass is 255 g/mol. The molecule has 1 aliphatic rings. The van der Waals surface area contributed by atoms with Crippen molar-refractivity contribution in [2.45, 2.75) is 19.4 Å². The average molecular weight is 255 g/mol. The maximum Gasteiger partial charge on any atom is 0.142 e. The highest BCUT2D eigenvalue weighted by molar-refractivity contribution is 5.42. The second-order valence-electron chi connectivity index (χ2n) is 5.14. The van der Waals surface area contributed by atoms with Gasteiger partial charge in [-0.15, -0.1) is 0 Å². The number of hydrogen-bond acceptors (Lipinski definition) is 5. The quantitative estimate of drug-likeness (QED) is 0.798. The molecule has 1 saturated heterocycles. The first-order chi connectivity index (χ1) is 9.06. The number of anilines is 1. The van der Waals surface area contributed by atoms with Crippen LogP contribution in [0.4, 0.5) is 5.82 Å². The number of nitrogens with zero attached hydrogens (tertiary/aromatic N) is 5. The van der Waals surface area contributed by atoms with Gasteiger partial charge in [-0.25, -0.2) is 4.98 Å². The molecule has 0 unspecified atom stereocenters. The number of pyridine rings is 1. The summed E-state index contributed by atoms with van der Waals surface area (Å²) in [6, 6.07) is 9.87. The molecule has 5 heteroatoms. The molecule has 0 amide bonds. The largest absolute Gasteiger partial charge is 0.354 e. The van der Waals surface area contributed by atoms with Crippen molar-refractivity contribution >= 4 is 5.82 Å². The minimum Gasteiger partial charge on any atom is -0.354 e. The Morgan fingerprint density at radius 2 is 1.84 bits per heavy atom. The predicted octanol–water partition coefficient (Wildman–Crippen LogP) is 1.38. The molecule has 0 saturated carbocycles. The van der Waals surface area contributed by atoms with Gasteiger partial charge in [-0.1, -0.05) is 6.07 Å². The van der Waals surface area contributed by atoms with Crippen LogP contribution in [0.5, 0.6) is 0 Å². The predicted molar refractivity (Wildman–Crippen MR) is 72.4 cm³/mol. The van der Waals surface area contributed by atoms with Gasteiger partial charge in [0, 0.05) is 26.2 Å². The zero-order chi connectivity index (χ0) is 13.9. The minimum atomic E-state index is -0.423. The van der Waals surface area contributed by atoms with E-state index in [1.54, 1.807) is 6.07 Å². The molecule has 0 aromatic carbocycles. The van der Waals surface area contributed by atoms with Gasteiger partial charge in [0.25, 0.3) is 0 Å². The fraction of sp³-hybridized carbons (Fsp3) is 0.500. The Bertz CT molecular complexity index is 530. The SMILES string of the molecule is CC(C)(C#N)N1CCN(c2cccc(C#N)n2)CC1. The van der Waals surface area contributed by atoms with E-state index in [4.69, 9.17) is 10.5 Å². The van der Waals surface area contributed by atoms with Crippen LogP contribution in [0.25, 0.3) is 0 Å². The molecule has 1 aromatic rings. The summed E-state index contributed by atoms with van der Waals surface area (Å²) in [7, 11) is 0. The molecule has 1 fully saturated rings. The Hall–Kier alpha value is -2.11. The summed E-state index contributed by atoms with van der Waals surface area (Å²) in [4.78, 5) is 8.64. The van der Waals surface area contributed by atoms with Gasteiger partial charge < -0.3 is 4.90 Å². The Morgan fingerprint density at radius 3 is 2.42 bits per heavy atom. The van der Waals surface area contributed by atoms with Gasteiger partial charge in [-0.05, 0) is 26.0 Å². The van der Waals surface area contributed by atoms with E-state index in [-0.39, 0.29) is 0 Å². The molecule has 19 heavy (non-hydrogen) atoms. The van der Waals surface area contributed by atoms with Gasteiger partial charge in [0.2, 0.25) is 0 Å². The van der Waals surface area contributed by atoms with Crippen LogP contribution in [0, 0.1) is 22.7 Å². The van der Waals surface area contributed by atoms with E-state index in [0.717, 1.165) is 32.0 Å². The number of rotatable bonds is 2. The van der Waals surface area contributed by atoms with Crippen LogP contribution in [0.1, 0.15) is 19.5 Å². The Balaban J connectivity index is 2.04. The highest BCUT2D eigenvalue weighted by Gasteiger charge is 2.29. The van der Waals surface area contributed by atoms with E-state index < -0.39 is 5.54 Å². The first-order valence-electron chi connectivity index (χ1n) is 6.35. The summed E-state index contributed by atoms with van der Waals surface area (Å²) < 4.78 is 0. The van der Waals surface area contributed by atoms with Crippen LogP contribution < -0.4 is 4.90 Å². The summed E-state index contributed by atoms with van der Waals surface area (Å²) in [6.45, 7) is 7.20. The van der Waals surface area contributed by atoms with Crippen molar-refractivity contribution in [3.8, 4) is 12.1 Å². The molecule has 1 aromatic heterocycles. The zero-order valence-electron chi connectivity index (χ0n) is 11.3. The standard InChI is InChI=1S/C14H17N5/c1-14(2,11-16)19-8-6-18(7-9-19)13-5-3-4-12(10-15)17-13/h3-5H,6-9H2,1-2H3. The third kappa shape index (κ3) is 2.83. The van der Waals surface area contributed by atoms with Crippen molar-refractivity contribution in [2.24, 2.45) is 0 Å². The van der Waals surface area contributed by atoms with Gasteiger partial charge in [-0.3, -0.25) is 4.90 Å². The van der Waals surface area contributed by atoms with Crippen molar-refractivity contribution in [3.05, 3.63) is 23.9 Å². The van der Waals surface area contributed by atoms with Gasteiger partial charge in [0.15, 0.2) is 0 Å². The molecule has 0 radical (unpaired) electrons. The third-order valence-electron chi connectivity index (χ3n) is 3.52. The summed E-state index contributed by atoms with van der Waals surface area (Å²) >= 11 is 0. The molecule has 98 valence electrons. The lowest BCUT2D eigenvalue weighted by Gasteiger charge is -2.40. The summed E-state index contributed by atoms with van der Waals surface area (Å²) in [6.07, 6.45) is 0. The minimum absolute atomic E-state index is 0.423. The number of piperazine rings is 1. The first kappa shape index (κ1) is 13.3. The smallest absolute Gasteiger partial charge is 0.142 e. The van der Waals surface area contributed by atoms with Crippen LogP contribution in [-0.2, 0) is 0 Å². The molecule has 0 bridgehead atoms. The number of aromatic nitrogens is 1. The van der Waals surface area contributed by atoms with Crippen LogP contribution in [0.2, 0.25) is 0 Å². The van der Waals surface area contributed by atoms with Gasteiger partial charge in [0.05, 0.1) is 6.07 Å². The fourth-order valence-electron chi connectivity index (χ4n) is 2.23. The molecule has 0 atom stereocenters. The van der Waals surface area contributed by atoms with E-state index in [2.05, 4.69) is 26.9 Å². The topological polar surface area (TPSA) is 67.0 Å². The Kier molecular flexibility index (Phi) is 3.69. The number of hydrogen-bond donors (Lipinski definition) is 0. The molecule has 2 heterocycles. The lowest BCUT2D eigenvalue weighted by Crippen LogP contribution is -2.54. The van der Waals surface area contributed by atoms with Crippen molar-refractivity contribution < 1.29 is 0 Å². The van der Waals surface area contributed by atoms with E-state index in [1.807, 2.05) is 26.0 Å². The fourth-order valence-corrected chi connectivity index (χ4v) is 2.23. The zero-order valence-corrected chi connectivity index (χ0v) is 11.3. The van der Waals surface area contributed by atoms with Crippen molar-refractivity contribution in [3.63, 3.8) is 0 Å². The second-order valence-corrected chi connectivity index (χ2v) is 5.14. The summed E-state index contributed by atoms with van der Waals surface area (Å²) in [5.74, 6) is 0.841. The Labute approximate surface area is 113 Å². The molecular formula is C14H17N5. The van der Waals surface area contributed by atoms with Crippen molar-refractivity contribution in [1.29, 1.82) is 10.5 Å². The normalized spacial score (nSPS) is 16.7. The van der Waals surface area contributed by atoms with Crippen molar-refractivity contribution in [2.75, 3.05) is 31.1 Å². The van der Waals surface area contributed by atoms with E-state index in [1.165, 1.54) is 0 Å². The van der Waals surface area contributed by atoms with Crippen LogP contribution in [0.3, 0.4) is 0 Å². The molecule has 1 aliphatic heterocycles. The van der Waals surface area contributed by atoms with E-state index in [9.17, 15) is 0 Å². The maximum absolute atomic E-state index is 9.14. The first-order valence-corrected chi connectivity index (χ1v) is 6.35. The van der Waals surface area contributed by atoms with Crippen LogP contribution >= 0.6 is 0 Å². The summed E-state index contributed by atoms with van der Waals surface area (Å²) in [5, 5.41) is 18.0. The van der Waals surface area contributed by atoms with E-state index in [0.29, 0.717) is 5.69 Å². The maximum atomic E-state index is 9.14. The molecule has 0 N–H and O–H groups in total. The highest BCUT2D eigenvalue weighted by Crippen LogP contribution is 2.19. The lowest BCUT2D eigenvalue weighted by molar-refractivity contribution is 0.158. The van der Waals surface area contributed by atoms with E-state index >= 15 is 0 Å². The molecular weight excluding hydrogens is 238 g/mol. The molecule has 0 spiro atoms. The average Bonchev–Trinajstić information content (AvgIpc) is 2.47.